The second-order valence-electron chi connectivity index (χ2n) is 10.2. The predicted octanol–water partition coefficient (Wildman–Crippen LogP) is 0.819. The molecule has 4 fully saturated rings. The van der Waals surface area contributed by atoms with Gasteiger partial charge in [0.25, 0.3) is 15.3 Å². The molecule has 1 amide bonds. The number of hydroxylamine groups is 2. The molecule has 45 heavy (non-hydrogen) atoms. The van der Waals surface area contributed by atoms with Crippen molar-refractivity contribution < 1.29 is 54.7 Å². The largest absolute Gasteiger partial charge is 0.379 e. The number of hydrogen-bond donors (Lipinski definition) is 3. The molecule has 0 aromatic heterocycles. The fraction of sp³-hybridized carbons (Fsp3) is 0.720. The molecule has 3 N–H and O–H groups in total. The number of carbonyl (C=O) groups excluding carboxylic acids is 1. The van der Waals surface area contributed by atoms with E-state index in [0.29, 0.717) is 39.4 Å². The van der Waals surface area contributed by atoms with Gasteiger partial charge in [-0.3, -0.25) is 14.5 Å². The molecule has 20 heteroatoms. The van der Waals surface area contributed by atoms with Gasteiger partial charge >= 0.3 is 0 Å². The van der Waals surface area contributed by atoms with Crippen molar-refractivity contribution in [3.63, 3.8) is 0 Å². The second-order valence-corrected chi connectivity index (χ2v) is 10.2. The Morgan fingerprint density at radius 2 is 1.36 bits per heavy atom. The van der Waals surface area contributed by atoms with Gasteiger partial charge in [0.05, 0.1) is 38.0 Å². The van der Waals surface area contributed by atoms with Crippen LogP contribution in [0.2, 0.25) is 0 Å². The maximum Gasteiger partial charge on any atom is 0.291 e. The van der Waals surface area contributed by atoms with E-state index < -0.39 is 15.3 Å². The summed E-state index contributed by atoms with van der Waals surface area (Å²) in [5.41, 5.74) is 1.17. The van der Waals surface area contributed by atoms with E-state index in [0.717, 1.165) is 52.0 Å². The van der Waals surface area contributed by atoms with Crippen LogP contribution < -0.4 is 0 Å². The number of hydrogen-bond acceptors (Lipinski definition) is 13. The Morgan fingerprint density at radius 1 is 0.844 bits per heavy atom. The highest BCUT2D eigenvalue weighted by Crippen LogP contribution is 2.32. The Morgan fingerprint density at radius 3 is 1.82 bits per heavy atom. The van der Waals surface area contributed by atoms with Crippen molar-refractivity contribution in [2.24, 2.45) is 0 Å². The monoisotopic (exact) mass is 648 g/mol. The van der Waals surface area contributed by atoms with Gasteiger partial charge in [0.2, 0.25) is 5.91 Å². The molecule has 0 bridgehead atoms. The summed E-state index contributed by atoms with van der Waals surface area (Å²) < 4.78 is 17.5. The maximum absolute atomic E-state index is 13.1. The molecule has 4 aliphatic heterocycles. The number of morpholine rings is 1. The van der Waals surface area contributed by atoms with Crippen molar-refractivity contribution in [3.05, 3.63) is 66.2 Å². The molecule has 4 aliphatic rings. The van der Waals surface area contributed by atoms with E-state index in [2.05, 4.69) is 34.2 Å². The third-order valence-corrected chi connectivity index (χ3v) is 7.25. The standard InChI is InChI=1S/C25H37N3O5.3HNO3/c29-24(19-26-12-16-30-17-13-26)27-10-11-28(21(18-27)20-6-2-1-3-7-20)33-25(22-8-4-14-31-22)23-9-5-15-32-23;3*2-1(3)4/h1-3,6-7,21-23,25H,4-5,8-19H2;3*(H,2,3,4). The van der Waals surface area contributed by atoms with E-state index in [1.807, 2.05) is 11.0 Å². The maximum atomic E-state index is 13.1. The van der Waals surface area contributed by atoms with Crippen molar-refractivity contribution in [2.45, 2.75) is 50.0 Å². The lowest BCUT2D eigenvalue weighted by molar-refractivity contribution is -0.742. The minimum absolute atomic E-state index is 0.0149. The van der Waals surface area contributed by atoms with Gasteiger partial charge in [-0.2, -0.15) is 5.06 Å². The summed E-state index contributed by atoms with van der Waals surface area (Å²) in [6.45, 7) is 7.05. The number of ether oxygens (including phenoxy) is 3. The molecule has 0 aliphatic carbocycles. The van der Waals surface area contributed by atoms with Crippen molar-refractivity contribution in [1.82, 2.24) is 14.9 Å². The van der Waals surface area contributed by atoms with Crippen molar-refractivity contribution in [2.75, 3.05) is 65.7 Å². The number of rotatable bonds is 7. The van der Waals surface area contributed by atoms with Crippen LogP contribution in [0.25, 0.3) is 0 Å². The SMILES string of the molecule is O=C(CN1CCOCC1)N1CCN(OC(C2CCCO2)C2CCCO2)C(c2ccccc2)C1.O=[N+]([O-])O.O=[N+]([O-])O.O=[N+]([O-])O. The zero-order chi connectivity index (χ0) is 33.2. The molecule has 4 saturated heterocycles. The highest BCUT2D eigenvalue weighted by Gasteiger charge is 2.41. The number of benzene rings is 1. The zero-order valence-electron chi connectivity index (χ0n) is 24.6. The van der Waals surface area contributed by atoms with Crippen molar-refractivity contribution in [1.29, 1.82) is 0 Å². The molecule has 3 unspecified atom stereocenters. The minimum Gasteiger partial charge on any atom is -0.379 e. The molecule has 4 heterocycles. The second kappa shape index (κ2) is 20.2. The summed E-state index contributed by atoms with van der Waals surface area (Å²) in [6.07, 6.45) is 4.22. The van der Waals surface area contributed by atoms with Crippen LogP contribution in [-0.4, -0.2) is 136 Å². The van der Waals surface area contributed by atoms with Crippen LogP contribution >= 0.6 is 0 Å². The number of carbonyl (C=O) groups is 1. The van der Waals surface area contributed by atoms with E-state index in [4.69, 9.17) is 65.0 Å². The van der Waals surface area contributed by atoms with Gasteiger partial charge in [-0.1, -0.05) is 30.3 Å². The average molecular weight is 649 g/mol. The molecule has 20 nitrogen and oxygen atoms in total. The molecule has 0 radical (unpaired) electrons. The smallest absolute Gasteiger partial charge is 0.291 e. The molecule has 254 valence electrons. The predicted molar refractivity (Wildman–Crippen MR) is 149 cm³/mol. The number of amides is 1. The quantitative estimate of drug-likeness (QED) is 0.273. The topological polar surface area (TPSA) is 254 Å². The van der Waals surface area contributed by atoms with E-state index in [-0.39, 0.29) is 30.3 Å². The van der Waals surface area contributed by atoms with E-state index >= 15 is 0 Å². The van der Waals surface area contributed by atoms with Gasteiger partial charge in [0, 0.05) is 45.9 Å². The van der Waals surface area contributed by atoms with Crippen molar-refractivity contribution >= 4 is 5.91 Å². The molecular weight excluding hydrogens is 608 g/mol. The first-order chi connectivity index (χ1) is 21.5. The fourth-order valence-corrected chi connectivity index (χ4v) is 5.37. The number of nitrogens with zero attached hydrogens (tertiary/aromatic N) is 6. The lowest BCUT2D eigenvalue weighted by atomic mass is 10.0. The first-order valence-electron chi connectivity index (χ1n) is 14.3. The van der Waals surface area contributed by atoms with Gasteiger partial charge in [-0.25, -0.2) is 0 Å². The lowest BCUT2D eigenvalue weighted by Crippen LogP contribution is -2.55. The molecule has 3 atom stereocenters. The Bertz CT molecular complexity index is 982. The Balaban J connectivity index is 0.000000506. The minimum atomic E-state index is -1.50. The van der Waals surface area contributed by atoms with Crippen LogP contribution in [0.1, 0.15) is 37.3 Å². The summed E-state index contributed by atoms with van der Waals surface area (Å²) in [7, 11) is 0. The van der Waals surface area contributed by atoms with Crippen molar-refractivity contribution in [3.8, 4) is 0 Å². The Hall–Kier alpha value is -3.95. The van der Waals surface area contributed by atoms with Crippen LogP contribution in [0, 0.1) is 30.3 Å². The third kappa shape index (κ3) is 14.6. The van der Waals surface area contributed by atoms with E-state index in [1.54, 1.807) is 0 Å². The average Bonchev–Trinajstić information content (AvgIpc) is 3.72. The highest BCUT2D eigenvalue weighted by molar-refractivity contribution is 5.78. The summed E-state index contributed by atoms with van der Waals surface area (Å²) in [5, 5.41) is 43.0. The summed E-state index contributed by atoms with van der Waals surface area (Å²) in [4.78, 5) is 49.1. The summed E-state index contributed by atoms with van der Waals surface area (Å²) in [6, 6.07) is 10.4. The zero-order valence-corrected chi connectivity index (χ0v) is 24.6. The molecule has 1 aromatic rings. The van der Waals surface area contributed by atoms with Crippen LogP contribution in [0.3, 0.4) is 0 Å². The van der Waals surface area contributed by atoms with Crippen LogP contribution in [0.5, 0.6) is 0 Å². The Labute approximate surface area is 257 Å². The van der Waals surface area contributed by atoms with Gasteiger partial charge in [-0.15, -0.1) is 30.3 Å². The van der Waals surface area contributed by atoms with E-state index in [1.165, 1.54) is 5.56 Å². The van der Waals surface area contributed by atoms with Crippen LogP contribution in [0.4, 0.5) is 0 Å². The first kappa shape index (κ1) is 37.2. The van der Waals surface area contributed by atoms with Gasteiger partial charge in [0.1, 0.15) is 6.10 Å². The van der Waals surface area contributed by atoms with E-state index in [9.17, 15) is 4.79 Å². The normalized spacial score (nSPS) is 24.0. The lowest BCUT2D eigenvalue weighted by Gasteiger charge is -2.44. The van der Waals surface area contributed by atoms with Gasteiger partial charge in [-0.05, 0) is 31.2 Å². The molecule has 5 rings (SSSR count). The molecule has 0 saturated carbocycles. The molecule has 0 spiro atoms. The van der Waals surface area contributed by atoms with Gasteiger partial charge in [0.15, 0.2) is 0 Å². The van der Waals surface area contributed by atoms with Crippen LogP contribution in [-0.2, 0) is 23.8 Å². The van der Waals surface area contributed by atoms with Crippen LogP contribution in [0.15, 0.2) is 30.3 Å². The first-order valence-corrected chi connectivity index (χ1v) is 14.3. The van der Waals surface area contributed by atoms with Gasteiger partial charge < -0.3 is 34.7 Å². The molecular formula is C25H40N6O14. The Kier molecular flexibility index (Phi) is 16.7. The third-order valence-electron chi connectivity index (χ3n) is 7.25. The summed E-state index contributed by atoms with van der Waals surface area (Å²) in [5.74, 6) is 0.187. The fourth-order valence-electron chi connectivity index (χ4n) is 5.37. The molecule has 1 aromatic carbocycles. The summed E-state index contributed by atoms with van der Waals surface area (Å²) >= 11 is 0. The highest BCUT2D eigenvalue weighted by atomic mass is 16.9. The number of piperazine rings is 1.